The SMILES string of the molecule is Clc1ccc(Cn2cnc3ncnc(Cl)c32)c(Cl)c1. The largest absolute Gasteiger partial charge is 0.322 e. The van der Waals surface area contributed by atoms with Crippen LogP contribution in [0.15, 0.2) is 30.9 Å². The Hall–Kier alpha value is -1.36. The van der Waals surface area contributed by atoms with E-state index < -0.39 is 0 Å². The summed E-state index contributed by atoms with van der Waals surface area (Å²) >= 11 is 18.1. The van der Waals surface area contributed by atoms with E-state index in [-0.39, 0.29) is 0 Å². The van der Waals surface area contributed by atoms with Crippen LogP contribution in [0.4, 0.5) is 0 Å². The van der Waals surface area contributed by atoms with Crippen LogP contribution in [0.25, 0.3) is 11.2 Å². The molecule has 0 saturated carbocycles. The van der Waals surface area contributed by atoms with Gasteiger partial charge in [-0.15, -0.1) is 0 Å². The van der Waals surface area contributed by atoms with Gasteiger partial charge in [-0.05, 0) is 17.7 Å². The summed E-state index contributed by atoms with van der Waals surface area (Å²) < 4.78 is 1.85. The first kappa shape index (κ1) is 12.7. The van der Waals surface area contributed by atoms with Crippen molar-refractivity contribution >= 4 is 46.0 Å². The first-order chi connectivity index (χ1) is 9.15. The van der Waals surface area contributed by atoms with Gasteiger partial charge in [-0.3, -0.25) is 0 Å². The molecule has 0 amide bonds. The average molecular weight is 314 g/mol. The lowest BCUT2D eigenvalue weighted by molar-refractivity contribution is 0.823. The number of benzene rings is 1. The van der Waals surface area contributed by atoms with Crippen molar-refractivity contribution in [3.8, 4) is 0 Å². The zero-order valence-electron chi connectivity index (χ0n) is 9.52. The van der Waals surface area contributed by atoms with E-state index in [1.807, 2.05) is 10.6 Å². The van der Waals surface area contributed by atoms with Crippen LogP contribution in [-0.4, -0.2) is 19.5 Å². The molecule has 0 aliphatic heterocycles. The van der Waals surface area contributed by atoms with Gasteiger partial charge in [0, 0.05) is 10.0 Å². The lowest BCUT2D eigenvalue weighted by Crippen LogP contribution is -2.00. The van der Waals surface area contributed by atoms with Gasteiger partial charge in [0.2, 0.25) is 0 Å². The van der Waals surface area contributed by atoms with Crippen LogP contribution < -0.4 is 0 Å². The van der Waals surface area contributed by atoms with E-state index in [4.69, 9.17) is 34.8 Å². The van der Waals surface area contributed by atoms with Gasteiger partial charge in [0.25, 0.3) is 0 Å². The summed E-state index contributed by atoms with van der Waals surface area (Å²) in [4.78, 5) is 12.2. The van der Waals surface area contributed by atoms with Crippen LogP contribution in [0, 0.1) is 0 Å². The molecule has 0 aliphatic rings. The lowest BCUT2D eigenvalue weighted by Gasteiger charge is -2.07. The quantitative estimate of drug-likeness (QED) is 0.675. The Balaban J connectivity index is 2.06. The van der Waals surface area contributed by atoms with Crippen LogP contribution in [0.2, 0.25) is 15.2 Å². The predicted molar refractivity (Wildman–Crippen MR) is 75.9 cm³/mol. The number of hydrogen-bond donors (Lipinski definition) is 0. The standard InChI is InChI=1S/C12H7Cl3N4/c13-8-2-1-7(9(14)3-8)4-19-6-18-12-10(19)11(15)16-5-17-12/h1-3,5-6H,4H2. The zero-order chi connectivity index (χ0) is 13.4. The van der Waals surface area contributed by atoms with Crippen LogP contribution in [0.3, 0.4) is 0 Å². The van der Waals surface area contributed by atoms with Crippen molar-refractivity contribution in [2.45, 2.75) is 6.54 Å². The second-order valence-electron chi connectivity index (χ2n) is 3.94. The van der Waals surface area contributed by atoms with Crippen molar-refractivity contribution in [1.82, 2.24) is 19.5 Å². The minimum Gasteiger partial charge on any atom is -0.322 e. The fraction of sp³-hybridized carbons (Fsp3) is 0.0833. The number of nitrogens with zero attached hydrogens (tertiary/aromatic N) is 4. The van der Waals surface area contributed by atoms with Crippen molar-refractivity contribution in [2.24, 2.45) is 0 Å². The van der Waals surface area contributed by atoms with Gasteiger partial charge < -0.3 is 4.57 Å². The molecule has 19 heavy (non-hydrogen) atoms. The summed E-state index contributed by atoms with van der Waals surface area (Å²) in [6, 6.07) is 5.36. The lowest BCUT2D eigenvalue weighted by atomic mass is 10.2. The van der Waals surface area contributed by atoms with E-state index in [0.29, 0.717) is 32.9 Å². The Kier molecular flexibility index (Phi) is 3.31. The molecule has 3 rings (SSSR count). The van der Waals surface area contributed by atoms with E-state index in [0.717, 1.165) is 5.56 Å². The Morgan fingerprint density at radius 3 is 2.68 bits per heavy atom. The molecular weight excluding hydrogens is 307 g/mol. The molecule has 3 aromatic rings. The van der Waals surface area contributed by atoms with Crippen LogP contribution >= 0.6 is 34.8 Å². The molecule has 0 N–H and O–H groups in total. The summed E-state index contributed by atoms with van der Waals surface area (Å²) in [5, 5.41) is 1.57. The molecule has 2 heterocycles. The molecule has 0 spiro atoms. The van der Waals surface area contributed by atoms with E-state index in [1.165, 1.54) is 6.33 Å². The summed E-state index contributed by atoms with van der Waals surface area (Å²) in [6.07, 6.45) is 3.05. The topological polar surface area (TPSA) is 43.6 Å². The average Bonchev–Trinajstić information content (AvgIpc) is 2.77. The van der Waals surface area contributed by atoms with Gasteiger partial charge in [0.05, 0.1) is 12.9 Å². The third kappa shape index (κ3) is 2.39. The van der Waals surface area contributed by atoms with Gasteiger partial charge in [0.15, 0.2) is 10.8 Å². The molecule has 0 saturated heterocycles. The second kappa shape index (κ2) is 4.96. The molecule has 0 unspecified atom stereocenters. The maximum absolute atomic E-state index is 6.15. The Morgan fingerprint density at radius 1 is 1.05 bits per heavy atom. The van der Waals surface area contributed by atoms with Crippen molar-refractivity contribution in [3.05, 3.63) is 51.6 Å². The summed E-state index contributed by atoms with van der Waals surface area (Å²) in [5.41, 5.74) is 2.17. The van der Waals surface area contributed by atoms with Gasteiger partial charge in [-0.2, -0.15) is 0 Å². The number of aromatic nitrogens is 4. The Morgan fingerprint density at radius 2 is 1.89 bits per heavy atom. The molecule has 0 atom stereocenters. The summed E-state index contributed by atoms with van der Waals surface area (Å²) in [5.74, 6) is 0. The first-order valence-corrected chi connectivity index (χ1v) is 6.54. The monoisotopic (exact) mass is 312 g/mol. The highest BCUT2D eigenvalue weighted by Gasteiger charge is 2.10. The highest BCUT2D eigenvalue weighted by molar-refractivity contribution is 6.35. The number of halogens is 3. The predicted octanol–water partition coefficient (Wildman–Crippen LogP) is 3.83. The van der Waals surface area contributed by atoms with Crippen molar-refractivity contribution in [2.75, 3.05) is 0 Å². The maximum atomic E-state index is 6.15. The molecule has 0 bridgehead atoms. The van der Waals surface area contributed by atoms with Gasteiger partial charge in [0.1, 0.15) is 11.8 Å². The molecule has 0 radical (unpaired) electrons. The Labute approximate surface area is 124 Å². The fourth-order valence-electron chi connectivity index (χ4n) is 1.83. The molecule has 0 fully saturated rings. The second-order valence-corrected chi connectivity index (χ2v) is 5.15. The van der Waals surface area contributed by atoms with Gasteiger partial charge in [-0.25, -0.2) is 15.0 Å². The third-order valence-corrected chi connectivity index (χ3v) is 3.58. The van der Waals surface area contributed by atoms with Crippen molar-refractivity contribution < 1.29 is 0 Å². The Bertz CT molecular complexity index is 754. The minimum atomic E-state index is 0.368. The molecule has 7 heteroatoms. The smallest absolute Gasteiger partial charge is 0.182 e. The third-order valence-electron chi connectivity index (χ3n) is 2.72. The summed E-state index contributed by atoms with van der Waals surface area (Å²) in [6.45, 7) is 0.527. The van der Waals surface area contributed by atoms with Crippen LogP contribution in [-0.2, 0) is 6.54 Å². The molecule has 1 aromatic carbocycles. The van der Waals surface area contributed by atoms with Crippen LogP contribution in [0.5, 0.6) is 0 Å². The number of imidazole rings is 1. The van der Waals surface area contributed by atoms with E-state index >= 15 is 0 Å². The molecular formula is C12H7Cl3N4. The molecule has 96 valence electrons. The fourth-order valence-corrected chi connectivity index (χ4v) is 2.53. The number of fused-ring (bicyclic) bond motifs is 1. The molecule has 0 aliphatic carbocycles. The number of hydrogen-bond acceptors (Lipinski definition) is 3. The van der Waals surface area contributed by atoms with E-state index in [9.17, 15) is 0 Å². The normalized spacial score (nSPS) is 11.1. The molecule has 2 aromatic heterocycles. The van der Waals surface area contributed by atoms with Gasteiger partial charge >= 0.3 is 0 Å². The van der Waals surface area contributed by atoms with Crippen molar-refractivity contribution in [3.63, 3.8) is 0 Å². The molecule has 4 nitrogen and oxygen atoms in total. The van der Waals surface area contributed by atoms with E-state index in [2.05, 4.69) is 15.0 Å². The summed E-state index contributed by atoms with van der Waals surface area (Å²) in [7, 11) is 0. The van der Waals surface area contributed by atoms with Crippen molar-refractivity contribution in [1.29, 1.82) is 0 Å². The van der Waals surface area contributed by atoms with Gasteiger partial charge in [-0.1, -0.05) is 40.9 Å². The van der Waals surface area contributed by atoms with Crippen LogP contribution in [0.1, 0.15) is 5.56 Å². The number of rotatable bonds is 2. The minimum absolute atomic E-state index is 0.368. The highest BCUT2D eigenvalue weighted by atomic mass is 35.5. The van der Waals surface area contributed by atoms with E-state index in [1.54, 1.807) is 18.5 Å². The zero-order valence-corrected chi connectivity index (χ0v) is 11.8. The highest BCUT2D eigenvalue weighted by Crippen LogP contribution is 2.24. The maximum Gasteiger partial charge on any atom is 0.182 e. The first-order valence-electron chi connectivity index (χ1n) is 5.40.